The number of allylic oxidation sites excluding steroid dienone is 4. The maximum Gasteiger partial charge on any atom is 0.0304 e. The first kappa shape index (κ1) is 14.0. The van der Waals surface area contributed by atoms with Gasteiger partial charge in [0.15, 0.2) is 0 Å². The fourth-order valence-electron chi connectivity index (χ4n) is 1.79. The van der Waals surface area contributed by atoms with Crippen LogP contribution in [0.15, 0.2) is 52.7 Å². The minimum absolute atomic E-state index is 0.747. The van der Waals surface area contributed by atoms with E-state index in [-0.39, 0.29) is 0 Å². The van der Waals surface area contributed by atoms with Crippen molar-refractivity contribution < 1.29 is 0 Å². The minimum Gasteiger partial charge on any atom is -0.402 e. The molecule has 18 heavy (non-hydrogen) atoms. The zero-order chi connectivity index (χ0) is 13.5. The van der Waals surface area contributed by atoms with Crippen LogP contribution in [0, 0.1) is 0 Å². The Labute approximate surface area is 109 Å². The molecule has 1 rings (SSSR count). The molecule has 2 nitrogen and oxygen atoms in total. The Morgan fingerprint density at radius 1 is 1.33 bits per heavy atom. The van der Waals surface area contributed by atoms with E-state index in [1.165, 1.54) is 0 Å². The minimum atomic E-state index is 0.747. The molecule has 0 aliphatic carbocycles. The van der Waals surface area contributed by atoms with Crippen LogP contribution in [0.4, 0.5) is 0 Å². The number of benzene rings is 1. The van der Waals surface area contributed by atoms with Crippen molar-refractivity contribution in [1.29, 1.82) is 0 Å². The molecule has 2 heteroatoms. The van der Waals surface area contributed by atoms with Gasteiger partial charge in [-0.3, -0.25) is 4.99 Å². The highest BCUT2D eigenvalue weighted by Crippen LogP contribution is 2.11. The fourth-order valence-corrected chi connectivity index (χ4v) is 1.79. The second kappa shape index (κ2) is 6.60. The molecular formula is C16H20N2. The summed E-state index contributed by atoms with van der Waals surface area (Å²) in [5.74, 6) is 0. The van der Waals surface area contributed by atoms with Gasteiger partial charge in [-0.1, -0.05) is 43.0 Å². The first-order chi connectivity index (χ1) is 8.61. The molecule has 0 saturated carbocycles. The van der Waals surface area contributed by atoms with Crippen molar-refractivity contribution in [2.75, 3.05) is 7.05 Å². The van der Waals surface area contributed by atoms with Gasteiger partial charge < -0.3 is 5.73 Å². The van der Waals surface area contributed by atoms with Gasteiger partial charge in [0.05, 0.1) is 0 Å². The number of rotatable bonds is 3. The molecule has 0 fully saturated rings. The average Bonchev–Trinajstić information content (AvgIpc) is 2.34. The van der Waals surface area contributed by atoms with Crippen LogP contribution in [0.5, 0.6) is 0 Å². The maximum absolute atomic E-state index is 5.95. The van der Waals surface area contributed by atoms with Gasteiger partial charge in [-0.2, -0.15) is 0 Å². The van der Waals surface area contributed by atoms with Gasteiger partial charge in [0, 0.05) is 24.5 Å². The third-order valence-corrected chi connectivity index (χ3v) is 2.61. The maximum atomic E-state index is 5.95. The lowest BCUT2D eigenvalue weighted by molar-refractivity contribution is 1.29. The van der Waals surface area contributed by atoms with Crippen LogP contribution in [0.2, 0.25) is 0 Å². The number of aliphatic imine (C=N–C) groups is 1. The van der Waals surface area contributed by atoms with Crippen LogP contribution in [-0.2, 0) is 0 Å². The first-order valence-electron chi connectivity index (χ1n) is 5.91. The highest BCUT2D eigenvalue weighted by Gasteiger charge is 2.03. The topological polar surface area (TPSA) is 38.4 Å². The van der Waals surface area contributed by atoms with Gasteiger partial charge >= 0.3 is 0 Å². The number of hydrogen-bond donors (Lipinski definition) is 1. The Hall–Kier alpha value is -2.09. The highest BCUT2D eigenvalue weighted by molar-refractivity contribution is 5.99. The van der Waals surface area contributed by atoms with Gasteiger partial charge in [0.1, 0.15) is 0 Å². The van der Waals surface area contributed by atoms with Crippen LogP contribution < -0.4 is 16.2 Å². The lowest BCUT2D eigenvalue weighted by atomic mass is 10.0. The van der Waals surface area contributed by atoms with Gasteiger partial charge in [0.2, 0.25) is 0 Å². The Morgan fingerprint density at radius 2 is 2.00 bits per heavy atom. The Kier molecular flexibility index (Phi) is 5.12. The molecule has 0 aliphatic heterocycles. The lowest BCUT2D eigenvalue weighted by Gasteiger charge is -2.06. The summed E-state index contributed by atoms with van der Waals surface area (Å²) in [6.45, 7) is 7.93. The van der Waals surface area contributed by atoms with Crippen LogP contribution >= 0.6 is 0 Å². The SMILES string of the molecule is C=c1cccc/c1=C(/C=C\C)C(\C=N/C)=C(/C)N. The molecule has 2 N–H and O–H groups in total. The molecule has 94 valence electrons. The summed E-state index contributed by atoms with van der Waals surface area (Å²) in [7, 11) is 1.74. The standard InChI is InChI=1S/C16H20N2/c1-5-8-15(16(11-18-4)13(3)17)14-10-7-6-9-12(14)2/h5-11H,2,17H2,1,3-4H3/b8-5-,15-14+,16-13+,18-11-. The van der Waals surface area contributed by atoms with E-state index in [2.05, 4.69) is 11.6 Å². The van der Waals surface area contributed by atoms with E-state index in [9.17, 15) is 0 Å². The number of nitrogens with two attached hydrogens (primary N) is 1. The predicted molar refractivity (Wildman–Crippen MR) is 80.7 cm³/mol. The number of hydrogen-bond acceptors (Lipinski definition) is 2. The van der Waals surface area contributed by atoms with Crippen LogP contribution in [-0.4, -0.2) is 13.3 Å². The van der Waals surface area contributed by atoms with Crippen LogP contribution in [0.1, 0.15) is 13.8 Å². The summed E-state index contributed by atoms with van der Waals surface area (Å²) in [5, 5.41) is 2.06. The summed E-state index contributed by atoms with van der Waals surface area (Å²) in [5.41, 5.74) is 8.69. The largest absolute Gasteiger partial charge is 0.402 e. The van der Waals surface area contributed by atoms with Crippen molar-refractivity contribution >= 4 is 18.4 Å². The lowest BCUT2D eigenvalue weighted by Crippen LogP contribution is -2.26. The normalized spacial score (nSPS) is 15.1. The van der Waals surface area contributed by atoms with Gasteiger partial charge in [0.25, 0.3) is 0 Å². The molecular weight excluding hydrogens is 220 g/mol. The third kappa shape index (κ3) is 3.20. The second-order valence-corrected chi connectivity index (χ2v) is 4.05. The van der Waals surface area contributed by atoms with Crippen LogP contribution in [0.3, 0.4) is 0 Å². The Balaban J connectivity index is 3.75. The van der Waals surface area contributed by atoms with E-state index in [0.29, 0.717) is 0 Å². The molecule has 1 aromatic carbocycles. The zero-order valence-electron chi connectivity index (χ0n) is 11.3. The van der Waals surface area contributed by atoms with Crippen molar-refractivity contribution in [1.82, 2.24) is 0 Å². The van der Waals surface area contributed by atoms with Crippen molar-refractivity contribution in [2.45, 2.75) is 13.8 Å². The molecule has 0 saturated heterocycles. The molecule has 0 radical (unpaired) electrons. The average molecular weight is 240 g/mol. The summed E-state index contributed by atoms with van der Waals surface area (Å²) in [6.07, 6.45) is 5.82. The molecule has 0 heterocycles. The van der Waals surface area contributed by atoms with Crippen molar-refractivity contribution in [2.24, 2.45) is 10.7 Å². The second-order valence-electron chi connectivity index (χ2n) is 4.05. The quantitative estimate of drug-likeness (QED) is 0.803. The number of nitrogens with zero attached hydrogens (tertiary/aromatic N) is 1. The van der Waals surface area contributed by atoms with E-state index < -0.39 is 0 Å². The van der Waals surface area contributed by atoms with E-state index >= 15 is 0 Å². The molecule has 0 amide bonds. The predicted octanol–water partition coefficient (Wildman–Crippen LogP) is 1.76. The zero-order valence-corrected chi connectivity index (χ0v) is 11.3. The molecule has 1 aromatic rings. The van der Waals surface area contributed by atoms with Crippen molar-refractivity contribution in [3.63, 3.8) is 0 Å². The monoisotopic (exact) mass is 240 g/mol. The van der Waals surface area contributed by atoms with Crippen molar-refractivity contribution in [3.05, 3.63) is 58.1 Å². The van der Waals surface area contributed by atoms with E-state index in [4.69, 9.17) is 5.73 Å². The summed E-state index contributed by atoms with van der Waals surface area (Å²) in [4.78, 5) is 4.08. The summed E-state index contributed by atoms with van der Waals surface area (Å²) in [6, 6.07) is 8.02. The molecule has 0 bridgehead atoms. The van der Waals surface area contributed by atoms with E-state index in [1.54, 1.807) is 13.3 Å². The van der Waals surface area contributed by atoms with Gasteiger partial charge in [-0.05, 0) is 29.9 Å². The van der Waals surface area contributed by atoms with Crippen LogP contribution in [0.25, 0.3) is 12.2 Å². The Morgan fingerprint density at radius 3 is 2.50 bits per heavy atom. The van der Waals surface area contributed by atoms with Gasteiger partial charge in [-0.25, -0.2) is 0 Å². The molecule has 0 spiro atoms. The van der Waals surface area contributed by atoms with Gasteiger partial charge in [-0.15, -0.1) is 0 Å². The molecule has 0 aliphatic rings. The highest BCUT2D eigenvalue weighted by atomic mass is 14.7. The molecule has 0 aromatic heterocycles. The first-order valence-corrected chi connectivity index (χ1v) is 5.91. The van der Waals surface area contributed by atoms with Crippen molar-refractivity contribution in [3.8, 4) is 0 Å². The van der Waals surface area contributed by atoms with E-state index in [0.717, 1.165) is 27.3 Å². The fraction of sp³-hybridized carbons (Fsp3) is 0.188. The molecule has 0 atom stereocenters. The van der Waals surface area contributed by atoms with E-state index in [1.807, 2.05) is 50.3 Å². The summed E-state index contributed by atoms with van der Waals surface area (Å²) < 4.78 is 0. The molecule has 0 unspecified atom stereocenters. The Bertz CT molecular complexity index is 600. The summed E-state index contributed by atoms with van der Waals surface area (Å²) >= 11 is 0. The third-order valence-electron chi connectivity index (χ3n) is 2.61. The smallest absolute Gasteiger partial charge is 0.0304 e.